The second-order valence-electron chi connectivity index (χ2n) is 3.83. The van der Waals surface area contributed by atoms with Gasteiger partial charge >= 0.3 is 0 Å². The van der Waals surface area contributed by atoms with Gasteiger partial charge in [-0.15, -0.1) is 0 Å². The van der Waals surface area contributed by atoms with Crippen LogP contribution in [-0.4, -0.2) is 5.78 Å². The maximum absolute atomic E-state index is 12.2. The molecule has 0 N–H and O–H groups in total. The highest BCUT2D eigenvalue weighted by Crippen LogP contribution is 2.22. The van der Waals surface area contributed by atoms with Gasteiger partial charge in [-0.3, -0.25) is 4.79 Å². The highest BCUT2D eigenvalue weighted by molar-refractivity contribution is 6.12. The fraction of sp³-hybridized carbons (Fsp3) is 0.0667. The highest BCUT2D eigenvalue weighted by Gasteiger charge is 2.12. The van der Waals surface area contributed by atoms with Crippen LogP contribution in [0, 0.1) is 13.5 Å². The Labute approximate surface area is 100 Å². The van der Waals surface area contributed by atoms with E-state index in [1.807, 2.05) is 25.1 Å². The summed E-state index contributed by atoms with van der Waals surface area (Å²) in [6.07, 6.45) is 0. The van der Waals surface area contributed by atoms with E-state index in [0.29, 0.717) is 16.8 Å². The lowest BCUT2D eigenvalue weighted by Crippen LogP contribution is -2.01. The number of nitrogens with zero attached hydrogens (tertiary/aromatic N) is 1. The molecular formula is C15H11NO. The third-order valence-corrected chi connectivity index (χ3v) is 2.55. The maximum Gasteiger partial charge on any atom is 0.198 e. The Morgan fingerprint density at radius 3 is 2.59 bits per heavy atom. The topological polar surface area (TPSA) is 21.4 Å². The summed E-state index contributed by atoms with van der Waals surface area (Å²) in [5, 5.41) is 0. The van der Waals surface area contributed by atoms with Gasteiger partial charge in [-0.1, -0.05) is 48.0 Å². The summed E-state index contributed by atoms with van der Waals surface area (Å²) in [7, 11) is 0. The summed E-state index contributed by atoms with van der Waals surface area (Å²) in [4.78, 5) is 15.6. The van der Waals surface area contributed by atoms with Gasteiger partial charge in [0.2, 0.25) is 0 Å². The van der Waals surface area contributed by atoms with E-state index in [1.165, 1.54) is 0 Å². The summed E-state index contributed by atoms with van der Waals surface area (Å²) in [6.45, 7) is 9.00. The van der Waals surface area contributed by atoms with Crippen molar-refractivity contribution in [1.29, 1.82) is 0 Å². The molecule has 0 radical (unpaired) electrons. The molecule has 0 heterocycles. The summed E-state index contributed by atoms with van der Waals surface area (Å²) in [6, 6.07) is 14.3. The molecule has 0 aliphatic heterocycles. The minimum Gasteiger partial charge on any atom is -0.290 e. The zero-order valence-corrected chi connectivity index (χ0v) is 9.47. The van der Waals surface area contributed by atoms with Gasteiger partial charge in [-0.25, -0.2) is 4.85 Å². The molecular weight excluding hydrogens is 210 g/mol. The molecule has 0 aliphatic carbocycles. The van der Waals surface area contributed by atoms with Crippen molar-refractivity contribution < 1.29 is 4.79 Å². The lowest BCUT2D eigenvalue weighted by molar-refractivity contribution is 0.103. The molecule has 0 aromatic heterocycles. The molecule has 0 fully saturated rings. The average molecular weight is 221 g/mol. The lowest BCUT2D eigenvalue weighted by atomic mass is 10.0. The van der Waals surface area contributed by atoms with Crippen LogP contribution in [0.1, 0.15) is 21.5 Å². The molecule has 0 spiro atoms. The fourth-order valence-corrected chi connectivity index (χ4v) is 1.70. The molecule has 0 bridgehead atoms. The summed E-state index contributed by atoms with van der Waals surface area (Å²) in [5.41, 5.74) is 2.53. The average Bonchev–Trinajstić information content (AvgIpc) is 2.38. The Hall–Kier alpha value is -2.40. The van der Waals surface area contributed by atoms with E-state index in [2.05, 4.69) is 4.85 Å². The number of para-hydroxylation sites is 1. The molecule has 17 heavy (non-hydrogen) atoms. The number of benzene rings is 2. The quantitative estimate of drug-likeness (QED) is 0.558. The molecule has 0 amide bonds. The van der Waals surface area contributed by atoms with E-state index >= 15 is 0 Å². The van der Waals surface area contributed by atoms with Gasteiger partial charge in [0.25, 0.3) is 0 Å². The number of rotatable bonds is 2. The van der Waals surface area contributed by atoms with Crippen LogP contribution in [0.25, 0.3) is 4.85 Å². The van der Waals surface area contributed by atoms with Crippen LogP contribution < -0.4 is 0 Å². The van der Waals surface area contributed by atoms with E-state index in [0.717, 1.165) is 5.56 Å². The summed E-state index contributed by atoms with van der Waals surface area (Å²) in [5.74, 6) is -0.0969. The van der Waals surface area contributed by atoms with Crippen LogP contribution in [0.2, 0.25) is 0 Å². The van der Waals surface area contributed by atoms with Crippen molar-refractivity contribution in [3.63, 3.8) is 0 Å². The van der Waals surface area contributed by atoms with Gasteiger partial charge in [0.15, 0.2) is 11.5 Å². The third-order valence-electron chi connectivity index (χ3n) is 2.55. The normalized spacial score (nSPS) is 9.65. The van der Waals surface area contributed by atoms with Gasteiger partial charge in [0.05, 0.1) is 6.57 Å². The van der Waals surface area contributed by atoms with Crippen LogP contribution >= 0.6 is 0 Å². The molecule has 0 aliphatic rings. The minimum absolute atomic E-state index is 0.0969. The Bertz CT molecular complexity index is 608. The first-order chi connectivity index (χ1) is 8.22. The van der Waals surface area contributed by atoms with Crippen molar-refractivity contribution in [3.8, 4) is 0 Å². The van der Waals surface area contributed by atoms with Crippen molar-refractivity contribution in [2.24, 2.45) is 0 Å². The van der Waals surface area contributed by atoms with Crippen LogP contribution in [-0.2, 0) is 0 Å². The van der Waals surface area contributed by atoms with Gasteiger partial charge in [0.1, 0.15) is 0 Å². The maximum atomic E-state index is 12.2. The predicted octanol–water partition coefficient (Wildman–Crippen LogP) is 3.78. The number of hydrogen-bond acceptors (Lipinski definition) is 1. The Kier molecular flexibility index (Phi) is 3.02. The number of carbonyl (C=O) groups is 1. The van der Waals surface area contributed by atoms with Crippen molar-refractivity contribution >= 4 is 11.5 Å². The van der Waals surface area contributed by atoms with Gasteiger partial charge in [0, 0.05) is 11.1 Å². The first-order valence-electron chi connectivity index (χ1n) is 5.30. The van der Waals surface area contributed by atoms with Crippen LogP contribution in [0.3, 0.4) is 0 Å². The molecule has 0 saturated heterocycles. The zero-order chi connectivity index (χ0) is 12.3. The number of ketones is 1. The highest BCUT2D eigenvalue weighted by atomic mass is 16.1. The largest absolute Gasteiger partial charge is 0.290 e. The van der Waals surface area contributed by atoms with Crippen molar-refractivity contribution in [2.75, 3.05) is 0 Å². The van der Waals surface area contributed by atoms with Gasteiger partial charge < -0.3 is 0 Å². The first kappa shape index (κ1) is 11.1. The van der Waals surface area contributed by atoms with Crippen molar-refractivity contribution in [1.82, 2.24) is 0 Å². The Balaban J connectivity index is 2.48. The number of hydrogen-bond donors (Lipinski definition) is 0. The third kappa shape index (κ3) is 2.24. The van der Waals surface area contributed by atoms with E-state index in [-0.39, 0.29) is 5.78 Å². The molecule has 2 aromatic carbocycles. The Morgan fingerprint density at radius 1 is 1.12 bits per heavy atom. The molecule has 2 aromatic rings. The second-order valence-corrected chi connectivity index (χ2v) is 3.83. The molecule has 2 rings (SSSR count). The standard InChI is InChI=1S/C15H11NO/c1-11-6-5-7-12(10-11)15(17)13-8-3-4-9-14(13)16-2/h3-10H,1H3. The van der Waals surface area contributed by atoms with Crippen molar-refractivity contribution in [3.05, 3.63) is 76.6 Å². The number of carbonyl (C=O) groups excluding carboxylic acids is 1. The van der Waals surface area contributed by atoms with Gasteiger partial charge in [-0.2, -0.15) is 0 Å². The lowest BCUT2D eigenvalue weighted by Gasteiger charge is -2.04. The molecule has 0 unspecified atom stereocenters. The van der Waals surface area contributed by atoms with Crippen LogP contribution in [0.15, 0.2) is 48.5 Å². The minimum atomic E-state index is -0.0969. The second kappa shape index (κ2) is 4.63. The predicted molar refractivity (Wildman–Crippen MR) is 67.3 cm³/mol. The summed E-state index contributed by atoms with van der Waals surface area (Å²) < 4.78 is 0. The van der Waals surface area contributed by atoms with Crippen molar-refractivity contribution in [2.45, 2.75) is 6.92 Å². The van der Waals surface area contributed by atoms with Crippen LogP contribution in [0.4, 0.5) is 5.69 Å². The van der Waals surface area contributed by atoms with Gasteiger partial charge in [-0.05, 0) is 13.0 Å². The first-order valence-corrected chi connectivity index (χ1v) is 5.30. The molecule has 2 nitrogen and oxygen atoms in total. The van der Waals surface area contributed by atoms with E-state index in [4.69, 9.17) is 6.57 Å². The van der Waals surface area contributed by atoms with Crippen LogP contribution in [0.5, 0.6) is 0 Å². The number of aryl methyl sites for hydroxylation is 1. The fourth-order valence-electron chi connectivity index (χ4n) is 1.70. The Morgan fingerprint density at radius 2 is 1.88 bits per heavy atom. The molecule has 2 heteroatoms. The zero-order valence-electron chi connectivity index (χ0n) is 9.47. The van der Waals surface area contributed by atoms with E-state index in [9.17, 15) is 4.79 Å². The summed E-state index contributed by atoms with van der Waals surface area (Å²) >= 11 is 0. The molecule has 82 valence electrons. The monoisotopic (exact) mass is 221 g/mol. The molecule has 0 atom stereocenters. The smallest absolute Gasteiger partial charge is 0.198 e. The van der Waals surface area contributed by atoms with E-state index < -0.39 is 0 Å². The SMILES string of the molecule is [C-]#[N+]c1ccccc1C(=O)c1cccc(C)c1. The van der Waals surface area contributed by atoms with E-state index in [1.54, 1.807) is 30.3 Å². The molecule has 0 saturated carbocycles.